The highest BCUT2D eigenvalue weighted by molar-refractivity contribution is 7.89. The Balaban J connectivity index is 1.37. The maximum absolute atomic E-state index is 13.2. The van der Waals surface area contributed by atoms with Crippen LogP contribution in [0.2, 0.25) is 5.02 Å². The summed E-state index contributed by atoms with van der Waals surface area (Å²) in [5.74, 6) is -0.260. The van der Waals surface area contributed by atoms with E-state index >= 15 is 0 Å². The van der Waals surface area contributed by atoms with Crippen molar-refractivity contribution in [2.75, 3.05) is 26.8 Å². The van der Waals surface area contributed by atoms with Crippen LogP contribution in [0.25, 0.3) is 22.0 Å². The summed E-state index contributed by atoms with van der Waals surface area (Å²) in [4.78, 5) is 18.4. The number of carbonyl (C=O) groups excluding carboxylic acids is 1. The number of amides is 1. The summed E-state index contributed by atoms with van der Waals surface area (Å²) in [6.45, 7) is 7.12. The molecule has 0 aliphatic heterocycles. The molecule has 4 aromatic rings. The van der Waals surface area contributed by atoms with E-state index in [0.29, 0.717) is 23.8 Å². The van der Waals surface area contributed by atoms with Gasteiger partial charge in [-0.1, -0.05) is 80.9 Å². The van der Waals surface area contributed by atoms with Crippen molar-refractivity contribution in [3.05, 3.63) is 89.1 Å². The summed E-state index contributed by atoms with van der Waals surface area (Å²) in [5, 5.41) is 4.41. The number of para-hydroxylation sites is 1. The third kappa shape index (κ3) is 6.27. The molecule has 0 atom stereocenters. The van der Waals surface area contributed by atoms with Gasteiger partial charge in [0.15, 0.2) is 0 Å². The normalized spacial score (nSPS) is 12.3. The van der Waals surface area contributed by atoms with Gasteiger partial charge in [-0.3, -0.25) is 9.69 Å². The van der Waals surface area contributed by atoms with Crippen LogP contribution in [-0.4, -0.2) is 51.0 Å². The molecule has 0 aliphatic carbocycles. The van der Waals surface area contributed by atoms with E-state index in [1.165, 1.54) is 0 Å². The van der Waals surface area contributed by atoms with E-state index in [2.05, 4.69) is 35.8 Å². The first-order chi connectivity index (χ1) is 18.0. The number of sulfonamides is 1. The number of aromatic nitrogens is 1. The number of halogens is 1. The SMILES string of the molecule is CN(CCNC(=O)c1[nH]c2ccccc2c1-c1ccccc1Cl)CNS(=O)(=O)c1ccc(C(C)(C)C)cc1. The Labute approximate surface area is 229 Å². The largest absolute Gasteiger partial charge is 0.350 e. The minimum absolute atomic E-state index is 0.0542. The Morgan fingerprint density at radius 2 is 1.63 bits per heavy atom. The molecular formula is C29H33ClN4O3S. The van der Waals surface area contributed by atoms with Crippen molar-refractivity contribution >= 4 is 38.4 Å². The summed E-state index contributed by atoms with van der Waals surface area (Å²) in [6, 6.07) is 22.1. The number of H-pyrrole nitrogens is 1. The maximum Gasteiger partial charge on any atom is 0.268 e. The monoisotopic (exact) mass is 552 g/mol. The van der Waals surface area contributed by atoms with Crippen molar-refractivity contribution in [3.8, 4) is 11.1 Å². The number of hydrogen-bond acceptors (Lipinski definition) is 4. The van der Waals surface area contributed by atoms with Crippen LogP contribution in [0.5, 0.6) is 0 Å². The van der Waals surface area contributed by atoms with Crippen LogP contribution < -0.4 is 10.0 Å². The van der Waals surface area contributed by atoms with Crippen molar-refractivity contribution in [1.29, 1.82) is 0 Å². The lowest BCUT2D eigenvalue weighted by Gasteiger charge is -2.20. The maximum atomic E-state index is 13.2. The number of nitrogens with zero attached hydrogens (tertiary/aromatic N) is 1. The highest BCUT2D eigenvalue weighted by Crippen LogP contribution is 2.36. The minimum atomic E-state index is -3.65. The predicted octanol–water partition coefficient (Wildman–Crippen LogP) is 5.38. The fourth-order valence-corrected chi connectivity index (χ4v) is 5.48. The molecule has 1 aromatic heterocycles. The van der Waals surface area contributed by atoms with Gasteiger partial charge in [0.2, 0.25) is 10.0 Å². The zero-order chi connectivity index (χ0) is 27.5. The number of aromatic amines is 1. The number of hydrogen-bond donors (Lipinski definition) is 3. The molecule has 1 heterocycles. The van der Waals surface area contributed by atoms with E-state index in [1.807, 2.05) is 54.6 Å². The van der Waals surface area contributed by atoms with Crippen LogP contribution in [0.1, 0.15) is 36.8 Å². The zero-order valence-electron chi connectivity index (χ0n) is 22.0. The molecule has 0 radical (unpaired) electrons. The summed E-state index contributed by atoms with van der Waals surface area (Å²) in [6.07, 6.45) is 0. The molecule has 3 N–H and O–H groups in total. The summed E-state index contributed by atoms with van der Waals surface area (Å²) >= 11 is 6.47. The average molecular weight is 553 g/mol. The van der Waals surface area contributed by atoms with Gasteiger partial charge >= 0.3 is 0 Å². The van der Waals surface area contributed by atoms with Crippen LogP contribution in [0.15, 0.2) is 77.7 Å². The number of rotatable bonds is 9. The molecule has 0 bridgehead atoms. The Morgan fingerprint density at radius 1 is 0.974 bits per heavy atom. The van der Waals surface area contributed by atoms with Crippen LogP contribution in [-0.2, 0) is 15.4 Å². The van der Waals surface area contributed by atoms with Crippen LogP contribution in [0.3, 0.4) is 0 Å². The van der Waals surface area contributed by atoms with Crippen molar-refractivity contribution in [2.45, 2.75) is 31.1 Å². The molecule has 0 saturated carbocycles. The number of fused-ring (bicyclic) bond motifs is 1. The topological polar surface area (TPSA) is 94.3 Å². The van der Waals surface area contributed by atoms with Gasteiger partial charge in [0, 0.05) is 40.1 Å². The third-order valence-electron chi connectivity index (χ3n) is 6.41. The number of carbonyl (C=O) groups is 1. The lowest BCUT2D eigenvalue weighted by atomic mass is 9.87. The Bertz CT molecular complexity index is 1540. The second-order valence-corrected chi connectivity index (χ2v) is 12.5. The van der Waals surface area contributed by atoms with Crippen molar-refractivity contribution in [2.24, 2.45) is 0 Å². The van der Waals surface area contributed by atoms with Crippen LogP contribution in [0.4, 0.5) is 0 Å². The molecule has 9 heteroatoms. The second-order valence-electron chi connectivity index (χ2n) is 10.3. The quantitative estimate of drug-likeness (QED) is 0.243. The molecular weight excluding hydrogens is 520 g/mol. The van der Waals surface area contributed by atoms with E-state index in [0.717, 1.165) is 27.6 Å². The first kappa shape index (κ1) is 27.9. The highest BCUT2D eigenvalue weighted by atomic mass is 35.5. The number of nitrogens with one attached hydrogen (secondary N) is 3. The smallest absolute Gasteiger partial charge is 0.268 e. The Kier molecular flexibility index (Phi) is 8.28. The van der Waals surface area contributed by atoms with Gasteiger partial charge < -0.3 is 10.3 Å². The molecule has 0 fully saturated rings. The van der Waals surface area contributed by atoms with Gasteiger partial charge in [-0.2, -0.15) is 4.72 Å². The van der Waals surface area contributed by atoms with E-state index < -0.39 is 10.0 Å². The number of benzene rings is 3. The Morgan fingerprint density at radius 3 is 2.32 bits per heavy atom. The van der Waals surface area contributed by atoms with Gasteiger partial charge in [0.25, 0.3) is 5.91 Å². The zero-order valence-corrected chi connectivity index (χ0v) is 23.6. The molecule has 1 amide bonds. The molecule has 200 valence electrons. The first-order valence-electron chi connectivity index (χ1n) is 12.4. The van der Waals surface area contributed by atoms with E-state index in [9.17, 15) is 13.2 Å². The van der Waals surface area contributed by atoms with E-state index in [1.54, 1.807) is 30.1 Å². The fraction of sp³-hybridized carbons (Fsp3) is 0.276. The number of likely N-dealkylation sites (N-methyl/N-ethyl adjacent to an activating group) is 1. The van der Waals surface area contributed by atoms with E-state index in [-0.39, 0.29) is 22.9 Å². The lowest BCUT2D eigenvalue weighted by Crippen LogP contribution is -2.39. The van der Waals surface area contributed by atoms with Crippen molar-refractivity contribution < 1.29 is 13.2 Å². The van der Waals surface area contributed by atoms with Crippen molar-refractivity contribution in [3.63, 3.8) is 0 Å². The minimum Gasteiger partial charge on any atom is -0.350 e. The van der Waals surface area contributed by atoms with Gasteiger partial charge in [-0.25, -0.2) is 8.42 Å². The predicted molar refractivity (Wildman–Crippen MR) is 154 cm³/mol. The van der Waals surface area contributed by atoms with Gasteiger partial charge in [-0.05, 0) is 42.3 Å². The van der Waals surface area contributed by atoms with Crippen molar-refractivity contribution in [1.82, 2.24) is 19.9 Å². The average Bonchev–Trinajstić information content (AvgIpc) is 3.27. The summed E-state index contributed by atoms with van der Waals surface area (Å²) in [7, 11) is -1.87. The first-order valence-corrected chi connectivity index (χ1v) is 14.3. The standard InChI is InChI=1S/C29H33ClN4O3S/c1-29(2,3)20-13-15-21(16-14-20)38(36,37)32-19-34(4)18-17-31-28(35)27-26(22-9-5-7-11-24(22)30)23-10-6-8-12-25(23)33-27/h5-16,32-33H,17-19H2,1-4H3,(H,31,35). The lowest BCUT2D eigenvalue weighted by molar-refractivity contribution is 0.0946. The molecule has 0 aliphatic rings. The fourth-order valence-electron chi connectivity index (χ4n) is 4.20. The molecule has 7 nitrogen and oxygen atoms in total. The van der Waals surface area contributed by atoms with Gasteiger partial charge in [0.05, 0.1) is 11.6 Å². The molecule has 0 unspecified atom stereocenters. The third-order valence-corrected chi connectivity index (χ3v) is 8.14. The van der Waals surface area contributed by atoms with Crippen LogP contribution in [0, 0.1) is 0 Å². The molecule has 4 rings (SSSR count). The second kappa shape index (κ2) is 11.3. The molecule has 38 heavy (non-hydrogen) atoms. The molecule has 0 spiro atoms. The highest BCUT2D eigenvalue weighted by Gasteiger charge is 2.21. The van der Waals surface area contributed by atoms with Gasteiger partial charge in [-0.15, -0.1) is 0 Å². The summed E-state index contributed by atoms with van der Waals surface area (Å²) in [5.41, 5.74) is 3.82. The molecule has 0 saturated heterocycles. The molecule has 3 aromatic carbocycles. The Hall–Kier alpha value is -3.17. The summed E-state index contributed by atoms with van der Waals surface area (Å²) < 4.78 is 28.1. The van der Waals surface area contributed by atoms with E-state index in [4.69, 9.17) is 11.6 Å². The van der Waals surface area contributed by atoms with Gasteiger partial charge in [0.1, 0.15) is 5.69 Å². The van der Waals surface area contributed by atoms with Crippen LogP contribution >= 0.6 is 11.6 Å².